The van der Waals surface area contributed by atoms with Gasteiger partial charge in [-0.05, 0) is 43.6 Å². The van der Waals surface area contributed by atoms with Gasteiger partial charge < -0.3 is 0 Å². The minimum atomic E-state index is 0.245. The van der Waals surface area contributed by atoms with Gasteiger partial charge in [-0.15, -0.1) is 0 Å². The summed E-state index contributed by atoms with van der Waals surface area (Å²) in [5.74, 6) is 0. The van der Waals surface area contributed by atoms with Gasteiger partial charge >= 0.3 is 0 Å². The molecule has 0 radical (unpaired) electrons. The van der Waals surface area contributed by atoms with E-state index in [9.17, 15) is 0 Å². The van der Waals surface area contributed by atoms with Gasteiger partial charge in [-0.3, -0.25) is 10.8 Å². The van der Waals surface area contributed by atoms with Crippen LogP contribution < -0.4 is 0 Å². The van der Waals surface area contributed by atoms with E-state index in [2.05, 4.69) is 31.9 Å². The molecule has 0 heterocycles. The van der Waals surface area contributed by atoms with Crippen LogP contribution in [0.4, 0.5) is 0 Å². The minimum absolute atomic E-state index is 0.245. The van der Waals surface area contributed by atoms with Crippen LogP contribution in [0.1, 0.15) is 0 Å². The van der Waals surface area contributed by atoms with Crippen molar-refractivity contribution in [1.29, 1.82) is 10.8 Å². The maximum atomic E-state index is 6.73. The highest BCUT2D eigenvalue weighted by atomic mass is 79.9. The summed E-state index contributed by atoms with van der Waals surface area (Å²) < 4.78 is 0.490. The van der Waals surface area contributed by atoms with Crippen LogP contribution in [0.15, 0.2) is 0 Å². The first-order valence-electron chi connectivity index (χ1n) is 1.29. The second-order valence-corrected chi connectivity index (χ2v) is 4.31. The van der Waals surface area contributed by atoms with Crippen molar-refractivity contribution in [2.75, 3.05) is 0 Å². The van der Waals surface area contributed by atoms with E-state index in [1.54, 1.807) is 0 Å². The van der Waals surface area contributed by atoms with E-state index < -0.39 is 0 Å². The van der Waals surface area contributed by atoms with Crippen molar-refractivity contribution in [3.05, 3.63) is 0 Å². The molecule has 0 saturated heterocycles. The zero-order chi connectivity index (χ0) is 5.86. The lowest BCUT2D eigenvalue weighted by Crippen LogP contribution is -1.76. The molecule has 2 nitrogen and oxygen atoms in total. The van der Waals surface area contributed by atoms with Gasteiger partial charge in [0, 0.05) is 0 Å². The van der Waals surface area contributed by atoms with E-state index in [-0.39, 0.29) is 7.91 Å². The van der Waals surface area contributed by atoms with E-state index in [0.717, 1.165) is 11.8 Å². The number of hydrogen-bond acceptors (Lipinski definition) is 3. The van der Waals surface area contributed by atoms with Gasteiger partial charge in [0.25, 0.3) is 0 Å². The van der Waals surface area contributed by atoms with Crippen molar-refractivity contribution in [3.8, 4) is 0 Å². The summed E-state index contributed by atoms with van der Waals surface area (Å²) in [6.45, 7) is 0. The third kappa shape index (κ3) is 6.65. The molecule has 0 spiro atoms. The van der Waals surface area contributed by atoms with Crippen molar-refractivity contribution in [3.63, 3.8) is 0 Å². The van der Waals surface area contributed by atoms with Crippen molar-refractivity contribution in [2.24, 2.45) is 0 Å². The fourth-order valence-electron chi connectivity index (χ4n) is 0.0787. The molecule has 0 aromatic rings. The lowest BCUT2D eigenvalue weighted by Gasteiger charge is -1.84. The highest BCUT2D eigenvalue weighted by Crippen LogP contribution is 2.12. The summed E-state index contributed by atoms with van der Waals surface area (Å²) in [6, 6.07) is 0. The van der Waals surface area contributed by atoms with Crippen LogP contribution in [-0.4, -0.2) is 7.91 Å². The Kier molecular flexibility index (Phi) is 3.96. The lowest BCUT2D eigenvalue weighted by molar-refractivity contribution is 1.59. The van der Waals surface area contributed by atoms with Gasteiger partial charge in [-0.25, -0.2) is 0 Å². The molecule has 0 unspecified atom stereocenters. The summed E-state index contributed by atoms with van der Waals surface area (Å²) in [5, 5.41) is 13.5. The van der Waals surface area contributed by atoms with Gasteiger partial charge in [-0.2, -0.15) is 0 Å². The SMILES string of the molecule is N=C(Br)SC(=N)Br. The average molecular weight is 246 g/mol. The summed E-state index contributed by atoms with van der Waals surface area (Å²) in [6.07, 6.45) is 0. The van der Waals surface area contributed by atoms with E-state index in [1.807, 2.05) is 0 Å². The molecule has 0 rings (SSSR count). The Bertz CT molecular complexity index is 89.9. The van der Waals surface area contributed by atoms with Gasteiger partial charge in [0.1, 0.15) is 7.91 Å². The second kappa shape index (κ2) is 3.63. The first-order chi connectivity index (χ1) is 3.13. The van der Waals surface area contributed by atoms with Gasteiger partial charge in [0.2, 0.25) is 0 Å². The Morgan fingerprint density at radius 1 is 1.14 bits per heavy atom. The number of halogens is 2. The molecule has 0 saturated carbocycles. The van der Waals surface area contributed by atoms with E-state index >= 15 is 0 Å². The van der Waals surface area contributed by atoms with Crippen LogP contribution in [0.25, 0.3) is 0 Å². The predicted molar refractivity (Wildman–Crippen MR) is 40.9 cm³/mol. The summed E-state index contributed by atoms with van der Waals surface area (Å²) in [7, 11) is 0. The van der Waals surface area contributed by atoms with Crippen molar-refractivity contribution in [1.82, 2.24) is 0 Å². The maximum Gasteiger partial charge on any atom is 0.138 e. The Labute approximate surface area is 62.3 Å². The summed E-state index contributed by atoms with van der Waals surface area (Å²) in [5.41, 5.74) is 0. The fraction of sp³-hybridized carbons (Fsp3) is 0. The highest BCUT2D eigenvalue weighted by molar-refractivity contribution is 9.26. The lowest BCUT2D eigenvalue weighted by atomic mass is 11.7. The molecule has 7 heavy (non-hydrogen) atoms. The molecule has 0 aliphatic rings. The highest BCUT2D eigenvalue weighted by Gasteiger charge is 1.91. The van der Waals surface area contributed by atoms with E-state index in [1.165, 1.54) is 0 Å². The molecular weight excluding hydrogens is 244 g/mol. The van der Waals surface area contributed by atoms with Crippen LogP contribution in [0.3, 0.4) is 0 Å². The molecule has 0 bridgehead atoms. The summed E-state index contributed by atoms with van der Waals surface area (Å²) >= 11 is 6.71. The molecule has 0 amide bonds. The smallest absolute Gasteiger partial charge is 0.138 e. The number of rotatable bonds is 0. The van der Waals surface area contributed by atoms with Crippen LogP contribution in [0.2, 0.25) is 0 Å². The average Bonchev–Trinajstić information content (AvgIpc) is 1.27. The van der Waals surface area contributed by atoms with E-state index in [0.29, 0.717) is 0 Å². The molecule has 5 heteroatoms. The quantitative estimate of drug-likeness (QED) is 0.500. The van der Waals surface area contributed by atoms with Crippen molar-refractivity contribution < 1.29 is 0 Å². The first kappa shape index (κ1) is 7.65. The molecular formula is C2H2Br2N2S. The summed E-state index contributed by atoms with van der Waals surface area (Å²) in [4.78, 5) is 0. The van der Waals surface area contributed by atoms with Crippen LogP contribution in [-0.2, 0) is 0 Å². The van der Waals surface area contributed by atoms with Crippen LogP contribution >= 0.6 is 43.6 Å². The molecule has 0 fully saturated rings. The molecule has 0 aliphatic heterocycles. The predicted octanol–water partition coefficient (Wildman–Crippen LogP) is 2.38. The van der Waals surface area contributed by atoms with Gasteiger partial charge in [0.05, 0.1) is 0 Å². The Balaban J connectivity index is 3.32. The molecule has 0 aromatic carbocycles. The van der Waals surface area contributed by atoms with Crippen molar-refractivity contribution in [2.45, 2.75) is 0 Å². The number of nitrogens with one attached hydrogen (secondary N) is 2. The molecule has 2 N–H and O–H groups in total. The third-order valence-corrected chi connectivity index (χ3v) is 1.51. The Morgan fingerprint density at radius 3 is 1.43 bits per heavy atom. The monoisotopic (exact) mass is 244 g/mol. The Morgan fingerprint density at radius 2 is 1.43 bits per heavy atom. The third-order valence-electron chi connectivity index (χ3n) is 0.179. The topological polar surface area (TPSA) is 47.7 Å². The maximum absolute atomic E-state index is 6.73. The fourth-order valence-corrected chi connectivity index (χ4v) is 1.86. The molecule has 40 valence electrons. The zero-order valence-electron chi connectivity index (χ0n) is 3.16. The normalized spacial score (nSPS) is 8.29. The Hall–Kier alpha value is 0.650. The van der Waals surface area contributed by atoms with Crippen molar-refractivity contribution >= 4 is 51.5 Å². The second-order valence-electron chi connectivity index (χ2n) is 0.649. The van der Waals surface area contributed by atoms with Crippen LogP contribution in [0, 0.1) is 10.8 Å². The molecule has 0 atom stereocenters. The molecule has 0 aromatic heterocycles. The number of thioether (sulfide) groups is 1. The van der Waals surface area contributed by atoms with Gasteiger partial charge in [-0.1, -0.05) is 0 Å². The first-order valence-corrected chi connectivity index (χ1v) is 3.69. The standard InChI is InChI=1S/C2H2Br2N2S/c3-1(5)7-2(4)6/h5-6H. The largest absolute Gasteiger partial charge is 0.287 e. The molecule has 0 aliphatic carbocycles. The minimum Gasteiger partial charge on any atom is -0.287 e. The van der Waals surface area contributed by atoms with Gasteiger partial charge in [0.15, 0.2) is 0 Å². The van der Waals surface area contributed by atoms with E-state index in [4.69, 9.17) is 10.8 Å². The number of hydrogen-bond donors (Lipinski definition) is 2. The zero-order valence-corrected chi connectivity index (χ0v) is 7.15. The van der Waals surface area contributed by atoms with Crippen LogP contribution in [0.5, 0.6) is 0 Å².